The van der Waals surface area contributed by atoms with Crippen LogP contribution in [-0.4, -0.2) is 47.0 Å². The van der Waals surface area contributed by atoms with Gasteiger partial charge in [0.05, 0.1) is 0 Å². The number of hydrogen-bond acceptors (Lipinski definition) is 4. The van der Waals surface area contributed by atoms with Crippen molar-refractivity contribution in [3.8, 4) is 0 Å². The SMILES string of the molecule is CCOCCCNC(=NCc1nnc(C)n1C)NCCCC1CCCCC1. The molecular weight excluding hydrogens is 340 g/mol. The molecule has 0 aromatic carbocycles. The van der Waals surface area contributed by atoms with Gasteiger partial charge in [-0.3, -0.25) is 0 Å². The standard InChI is InChI=1S/C20H38N6O/c1-4-27-15-9-14-22-20(23-16-19-25-24-17(2)26(19)3)21-13-8-12-18-10-6-5-7-11-18/h18H,4-16H2,1-3H3,(H2,21,22,23). The zero-order valence-corrected chi connectivity index (χ0v) is 17.5. The molecule has 0 spiro atoms. The Hall–Kier alpha value is -1.63. The van der Waals surface area contributed by atoms with Gasteiger partial charge in [-0.1, -0.05) is 32.1 Å². The second-order valence-electron chi connectivity index (χ2n) is 7.44. The average Bonchev–Trinajstić information content (AvgIpc) is 3.01. The zero-order valence-electron chi connectivity index (χ0n) is 17.5. The lowest BCUT2D eigenvalue weighted by atomic mass is 9.86. The lowest BCUT2D eigenvalue weighted by Gasteiger charge is -2.21. The molecule has 1 heterocycles. The van der Waals surface area contributed by atoms with Crippen molar-refractivity contribution in [1.82, 2.24) is 25.4 Å². The Bertz CT molecular complexity index is 551. The van der Waals surface area contributed by atoms with E-state index < -0.39 is 0 Å². The van der Waals surface area contributed by atoms with Gasteiger partial charge in [0.25, 0.3) is 0 Å². The second kappa shape index (κ2) is 12.7. The van der Waals surface area contributed by atoms with E-state index in [2.05, 4.69) is 20.8 Å². The summed E-state index contributed by atoms with van der Waals surface area (Å²) in [5.41, 5.74) is 0. The summed E-state index contributed by atoms with van der Waals surface area (Å²) in [6, 6.07) is 0. The fourth-order valence-corrected chi connectivity index (χ4v) is 3.51. The molecule has 1 aromatic heterocycles. The number of aromatic nitrogens is 3. The minimum absolute atomic E-state index is 0.529. The van der Waals surface area contributed by atoms with Crippen LogP contribution in [0.3, 0.4) is 0 Å². The van der Waals surface area contributed by atoms with Crippen LogP contribution in [0, 0.1) is 12.8 Å². The minimum Gasteiger partial charge on any atom is -0.382 e. The van der Waals surface area contributed by atoms with Crippen molar-refractivity contribution in [1.29, 1.82) is 0 Å². The molecule has 2 rings (SSSR count). The molecule has 1 aliphatic rings. The van der Waals surface area contributed by atoms with Gasteiger partial charge in [-0.15, -0.1) is 10.2 Å². The van der Waals surface area contributed by atoms with E-state index in [-0.39, 0.29) is 0 Å². The van der Waals surface area contributed by atoms with Crippen LogP contribution in [-0.2, 0) is 18.3 Å². The summed E-state index contributed by atoms with van der Waals surface area (Å²) in [6.45, 7) is 7.87. The molecular formula is C20H38N6O. The lowest BCUT2D eigenvalue weighted by molar-refractivity contribution is 0.145. The van der Waals surface area contributed by atoms with Crippen molar-refractivity contribution in [3.05, 3.63) is 11.6 Å². The van der Waals surface area contributed by atoms with Gasteiger partial charge < -0.3 is 19.9 Å². The van der Waals surface area contributed by atoms with Crippen molar-refractivity contribution >= 4 is 5.96 Å². The van der Waals surface area contributed by atoms with Crippen LogP contribution in [0.25, 0.3) is 0 Å². The van der Waals surface area contributed by atoms with E-state index in [1.807, 2.05) is 25.5 Å². The van der Waals surface area contributed by atoms with Gasteiger partial charge in [-0.05, 0) is 39.0 Å². The summed E-state index contributed by atoms with van der Waals surface area (Å²) in [4.78, 5) is 4.70. The number of guanidine groups is 1. The minimum atomic E-state index is 0.529. The van der Waals surface area contributed by atoms with Gasteiger partial charge in [0.1, 0.15) is 12.4 Å². The first-order valence-electron chi connectivity index (χ1n) is 10.7. The number of aliphatic imine (C=N–C) groups is 1. The first kappa shape index (κ1) is 21.7. The van der Waals surface area contributed by atoms with Crippen molar-refractivity contribution in [3.63, 3.8) is 0 Å². The summed E-state index contributed by atoms with van der Waals surface area (Å²) in [5.74, 6) is 3.58. The van der Waals surface area contributed by atoms with E-state index in [9.17, 15) is 0 Å². The van der Waals surface area contributed by atoms with Gasteiger partial charge in [0.2, 0.25) is 0 Å². The van der Waals surface area contributed by atoms with Gasteiger partial charge in [-0.2, -0.15) is 0 Å². The molecule has 1 aliphatic carbocycles. The highest BCUT2D eigenvalue weighted by molar-refractivity contribution is 5.79. The van der Waals surface area contributed by atoms with E-state index in [0.29, 0.717) is 6.54 Å². The highest BCUT2D eigenvalue weighted by atomic mass is 16.5. The summed E-state index contributed by atoms with van der Waals surface area (Å²) < 4.78 is 7.39. The Kier molecular flexibility index (Phi) is 10.2. The number of rotatable bonds is 11. The van der Waals surface area contributed by atoms with Gasteiger partial charge >= 0.3 is 0 Å². The Balaban J connectivity index is 1.76. The Morgan fingerprint density at radius 3 is 2.56 bits per heavy atom. The van der Waals surface area contributed by atoms with Crippen molar-refractivity contribution < 1.29 is 4.74 Å². The molecule has 1 aromatic rings. The number of nitrogens with one attached hydrogen (secondary N) is 2. The van der Waals surface area contributed by atoms with E-state index in [0.717, 1.165) is 56.3 Å². The molecule has 0 saturated heterocycles. The summed E-state index contributed by atoms with van der Waals surface area (Å²) in [7, 11) is 1.98. The summed E-state index contributed by atoms with van der Waals surface area (Å²) in [6.07, 6.45) is 10.6. The molecule has 0 bridgehead atoms. The van der Waals surface area contributed by atoms with Crippen LogP contribution < -0.4 is 10.6 Å². The smallest absolute Gasteiger partial charge is 0.191 e. The largest absolute Gasteiger partial charge is 0.382 e. The van der Waals surface area contributed by atoms with Crippen molar-refractivity contribution in [2.75, 3.05) is 26.3 Å². The predicted octanol–water partition coefficient (Wildman–Crippen LogP) is 2.95. The molecule has 0 aliphatic heterocycles. The predicted molar refractivity (Wildman–Crippen MR) is 110 cm³/mol. The molecule has 1 saturated carbocycles. The molecule has 154 valence electrons. The quantitative estimate of drug-likeness (QED) is 0.352. The van der Waals surface area contributed by atoms with E-state index in [1.165, 1.54) is 44.9 Å². The molecule has 0 amide bonds. The maximum Gasteiger partial charge on any atom is 0.191 e. The zero-order chi connectivity index (χ0) is 19.3. The topological polar surface area (TPSA) is 76.4 Å². The highest BCUT2D eigenvalue weighted by Crippen LogP contribution is 2.26. The third-order valence-corrected chi connectivity index (χ3v) is 5.33. The van der Waals surface area contributed by atoms with Crippen LogP contribution in [0.5, 0.6) is 0 Å². The molecule has 1 fully saturated rings. The normalized spacial score (nSPS) is 15.9. The van der Waals surface area contributed by atoms with Crippen LogP contribution in [0.2, 0.25) is 0 Å². The molecule has 27 heavy (non-hydrogen) atoms. The van der Waals surface area contributed by atoms with Gasteiger partial charge in [0.15, 0.2) is 11.8 Å². The Labute approximate surface area is 164 Å². The molecule has 7 heteroatoms. The Morgan fingerprint density at radius 1 is 1.15 bits per heavy atom. The molecule has 2 N–H and O–H groups in total. The second-order valence-corrected chi connectivity index (χ2v) is 7.44. The number of aryl methyl sites for hydroxylation is 1. The van der Waals surface area contributed by atoms with Gasteiger partial charge in [0, 0.05) is 33.4 Å². The van der Waals surface area contributed by atoms with Crippen molar-refractivity contribution in [2.45, 2.75) is 71.8 Å². The number of nitrogens with zero attached hydrogens (tertiary/aromatic N) is 4. The maximum absolute atomic E-state index is 5.41. The number of hydrogen-bond donors (Lipinski definition) is 2. The van der Waals surface area contributed by atoms with Crippen molar-refractivity contribution in [2.24, 2.45) is 18.0 Å². The number of ether oxygens (including phenoxy) is 1. The van der Waals surface area contributed by atoms with E-state index in [1.54, 1.807) is 0 Å². The van der Waals surface area contributed by atoms with Crippen LogP contribution in [0.15, 0.2) is 4.99 Å². The van der Waals surface area contributed by atoms with Crippen LogP contribution in [0.1, 0.15) is 69.9 Å². The third kappa shape index (κ3) is 8.28. The molecule has 0 unspecified atom stereocenters. The maximum atomic E-state index is 5.41. The fourth-order valence-electron chi connectivity index (χ4n) is 3.51. The van der Waals surface area contributed by atoms with Crippen LogP contribution in [0.4, 0.5) is 0 Å². The first-order valence-corrected chi connectivity index (χ1v) is 10.7. The highest BCUT2D eigenvalue weighted by Gasteiger charge is 2.12. The first-order chi connectivity index (χ1) is 13.2. The van der Waals surface area contributed by atoms with E-state index >= 15 is 0 Å². The average molecular weight is 379 g/mol. The van der Waals surface area contributed by atoms with E-state index in [4.69, 9.17) is 9.73 Å². The lowest BCUT2D eigenvalue weighted by Crippen LogP contribution is -2.39. The monoisotopic (exact) mass is 378 g/mol. The molecule has 7 nitrogen and oxygen atoms in total. The summed E-state index contributed by atoms with van der Waals surface area (Å²) >= 11 is 0. The molecule has 0 atom stereocenters. The fraction of sp³-hybridized carbons (Fsp3) is 0.850. The summed E-state index contributed by atoms with van der Waals surface area (Å²) in [5, 5.41) is 15.2. The van der Waals surface area contributed by atoms with Crippen LogP contribution >= 0.6 is 0 Å². The Morgan fingerprint density at radius 2 is 1.89 bits per heavy atom. The van der Waals surface area contributed by atoms with Gasteiger partial charge in [-0.25, -0.2) is 4.99 Å². The third-order valence-electron chi connectivity index (χ3n) is 5.33. The molecule has 0 radical (unpaired) electrons.